The molecule has 94 valence electrons. The second kappa shape index (κ2) is 5.02. The molecule has 0 unspecified atom stereocenters. The highest BCUT2D eigenvalue weighted by molar-refractivity contribution is 5.26. The molecule has 0 aromatic carbocycles. The topological polar surface area (TPSA) is 68.4 Å². The molecule has 2 rings (SSSR count). The summed E-state index contributed by atoms with van der Waals surface area (Å²) in [5.74, 6) is 0.761. The van der Waals surface area contributed by atoms with Crippen LogP contribution in [0.1, 0.15) is 31.4 Å². The molecule has 1 aliphatic carbocycles. The lowest BCUT2D eigenvalue weighted by atomic mass is 9.71. The van der Waals surface area contributed by atoms with Crippen molar-refractivity contribution in [2.45, 2.75) is 37.2 Å². The van der Waals surface area contributed by atoms with Gasteiger partial charge in [-0.1, -0.05) is 0 Å². The Morgan fingerprint density at radius 1 is 1.47 bits per heavy atom. The van der Waals surface area contributed by atoms with Crippen LogP contribution in [0.5, 0.6) is 5.75 Å². The zero-order valence-corrected chi connectivity index (χ0v) is 10.2. The van der Waals surface area contributed by atoms with Crippen molar-refractivity contribution >= 4 is 0 Å². The lowest BCUT2D eigenvalue weighted by Gasteiger charge is -2.37. The van der Waals surface area contributed by atoms with Gasteiger partial charge in [-0.05, 0) is 37.8 Å². The molecule has 1 fully saturated rings. The Kier molecular flexibility index (Phi) is 3.64. The molecule has 1 aromatic rings. The Bertz CT molecular complexity index is 356. The fourth-order valence-electron chi connectivity index (χ4n) is 2.53. The van der Waals surface area contributed by atoms with Gasteiger partial charge in [0.15, 0.2) is 0 Å². The summed E-state index contributed by atoms with van der Waals surface area (Å²) >= 11 is 0. The molecule has 1 aromatic heterocycles. The molecule has 1 saturated carbocycles. The van der Waals surface area contributed by atoms with Gasteiger partial charge in [0.1, 0.15) is 5.75 Å². The molecule has 1 aliphatic rings. The minimum absolute atomic E-state index is 0.0640. The first-order chi connectivity index (χ1) is 8.20. The van der Waals surface area contributed by atoms with E-state index in [1.807, 2.05) is 12.1 Å². The molecule has 4 nitrogen and oxygen atoms in total. The summed E-state index contributed by atoms with van der Waals surface area (Å²) in [5, 5.41) is 9.58. The van der Waals surface area contributed by atoms with E-state index in [9.17, 15) is 5.11 Å². The van der Waals surface area contributed by atoms with Crippen LogP contribution in [-0.2, 0) is 5.41 Å². The van der Waals surface area contributed by atoms with Crippen molar-refractivity contribution in [3.05, 3.63) is 24.0 Å². The van der Waals surface area contributed by atoms with Crippen LogP contribution in [0.3, 0.4) is 0 Å². The summed E-state index contributed by atoms with van der Waals surface area (Å²) < 4.78 is 5.11. The Morgan fingerprint density at radius 3 is 2.65 bits per heavy atom. The average molecular weight is 236 g/mol. The molecule has 0 amide bonds. The van der Waals surface area contributed by atoms with Gasteiger partial charge < -0.3 is 15.6 Å². The Balaban J connectivity index is 2.21. The van der Waals surface area contributed by atoms with E-state index in [4.69, 9.17) is 10.5 Å². The van der Waals surface area contributed by atoms with Gasteiger partial charge in [0.05, 0.1) is 19.4 Å². The molecule has 3 N–H and O–H groups in total. The smallest absolute Gasteiger partial charge is 0.137 e. The zero-order chi connectivity index (χ0) is 12.3. The van der Waals surface area contributed by atoms with Crippen molar-refractivity contribution in [2.24, 2.45) is 5.73 Å². The van der Waals surface area contributed by atoms with Crippen LogP contribution in [0.2, 0.25) is 0 Å². The first-order valence-corrected chi connectivity index (χ1v) is 6.09. The van der Waals surface area contributed by atoms with Crippen LogP contribution in [0.15, 0.2) is 18.3 Å². The number of aliphatic hydroxyl groups excluding tert-OH is 1. The van der Waals surface area contributed by atoms with E-state index in [1.165, 1.54) is 0 Å². The summed E-state index contributed by atoms with van der Waals surface area (Å²) in [6.07, 6.45) is 5.00. The van der Waals surface area contributed by atoms with Crippen LogP contribution in [0, 0.1) is 0 Å². The third-order valence-corrected chi connectivity index (χ3v) is 3.82. The van der Waals surface area contributed by atoms with E-state index >= 15 is 0 Å². The maximum absolute atomic E-state index is 9.58. The number of rotatable bonds is 3. The molecular formula is C13H20N2O2. The Morgan fingerprint density at radius 2 is 2.18 bits per heavy atom. The molecule has 0 bridgehead atoms. The van der Waals surface area contributed by atoms with Crippen molar-refractivity contribution in [3.8, 4) is 5.75 Å². The summed E-state index contributed by atoms with van der Waals surface area (Å²) in [6.45, 7) is 0.582. The average Bonchev–Trinajstić information content (AvgIpc) is 2.40. The highest BCUT2D eigenvalue weighted by Gasteiger charge is 2.36. The highest BCUT2D eigenvalue weighted by Crippen LogP contribution is 2.38. The van der Waals surface area contributed by atoms with Crippen molar-refractivity contribution in [1.82, 2.24) is 4.98 Å². The van der Waals surface area contributed by atoms with Crippen molar-refractivity contribution in [1.29, 1.82) is 0 Å². The number of aliphatic hydroxyl groups is 1. The number of ether oxygens (including phenoxy) is 1. The maximum Gasteiger partial charge on any atom is 0.137 e. The molecule has 0 radical (unpaired) electrons. The van der Waals surface area contributed by atoms with E-state index in [0.717, 1.165) is 37.1 Å². The summed E-state index contributed by atoms with van der Waals surface area (Å²) in [6, 6.07) is 3.91. The molecular weight excluding hydrogens is 216 g/mol. The second-order valence-corrected chi connectivity index (χ2v) is 4.80. The number of pyridine rings is 1. The number of methoxy groups -OCH3 is 1. The van der Waals surface area contributed by atoms with Crippen molar-refractivity contribution in [3.63, 3.8) is 0 Å². The fourth-order valence-corrected chi connectivity index (χ4v) is 2.53. The van der Waals surface area contributed by atoms with Crippen molar-refractivity contribution < 1.29 is 9.84 Å². The van der Waals surface area contributed by atoms with Gasteiger partial charge in [-0.15, -0.1) is 0 Å². The molecule has 0 atom stereocenters. The number of hydrogen-bond acceptors (Lipinski definition) is 4. The summed E-state index contributed by atoms with van der Waals surface area (Å²) in [4.78, 5) is 4.45. The lowest BCUT2D eigenvalue weighted by molar-refractivity contribution is 0.0961. The lowest BCUT2D eigenvalue weighted by Crippen LogP contribution is -2.40. The monoisotopic (exact) mass is 236 g/mol. The van der Waals surface area contributed by atoms with E-state index < -0.39 is 0 Å². The fraction of sp³-hybridized carbons (Fsp3) is 0.615. The van der Waals surface area contributed by atoms with Gasteiger partial charge in [0.25, 0.3) is 0 Å². The van der Waals surface area contributed by atoms with Gasteiger partial charge in [0.2, 0.25) is 0 Å². The molecule has 0 spiro atoms. The number of hydrogen-bond donors (Lipinski definition) is 2. The number of nitrogens with two attached hydrogens (primary N) is 1. The minimum Gasteiger partial charge on any atom is -0.495 e. The Labute approximate surface area is 102 Å². The predicted molar refractivity (Wildman–Crippen MR) is 66.0 cm³/mol. The van der Waals surface area contributed by atoms with Gasteiger partial charge in [-0.2, -0.15) is 0 Å². The van der Waals surface area contributed by atoms with Gasteiger partial charge >= 0.3 is 0 Å². The molecule has 0 saturated heterocycles. The van der Waals surface area contributed by atoms with Gasteiger partial charge in [-0.25, -0.2) is 0 Å². The van der Waals surface area contributed by atoms with Crippen LogP contribution < -0.4 is 10.5 Å². The van der Waals surface area contributed by atoms with Crippen LogP contribution >= 0.6 is 0 Å². The molecule has 4 heteroatoms. The van der Waals surface area contributed by atoms with E-state index in [-0.39, 0.29) is 11.5 Å². The minimum atomic E-state index is -0.173. The van der Waals surface area contributed by atoms with Crippen LogP contribution in [-0.4, -0.2) is 29.8 Å². The van der Waals surface area contributed by atoms with E-state index in [1.54, 1.807) is 13.3 Å². The van der Waals surface area contributed by atoms with E-state index in [0.29, 0.717) is 6.54 Å². The van der Waals surface area contributed by atoms with E-state index in [2.05, 4.69) is 4.98 Å². The number of nitrogens with zero attached hydrogens (tertiary/aromatic N) is 1. The predicted octanol–water partition coefficient (Wildman–Crippen LogP) is 1.22. The standard InChI is InChI=1S/C13H20N2O2/c1-17-11-2-3-12(15-8-11)13(9-14)6-4-10(16)5-7-13/h2-3,8,10,16H,4-7,9,14H2,1H3. The quantitative estimate of drug-likeness (QED) is 0.828. The SMILES string of the molecule is COc1ccc(C2(CN)CCC(O)CC2)nc1. The first-order valence-electron chi connectivity index (χ1n) is 6.09. The van der Waals surface area contributed by atoms with Crippen molar-refractivity contribution in [2.75, 3.05) is 13.7 Å². The normalized spacial score (nSPS) is 29.0. The molecule has 1 heterocycles. The molecule has 0 aliphatic heterocycles. The molecule has 17 heavy (non-hydrogen) atoms. The highest BCUT2D eigenvalue weighted by atomic mass is 16.5. The second-order valence-electron chi connectivity index (χ2n) is 4.80. The largest absolute Gasteiger partial charge is 0.495 e. The van der Waals surface area contributed by atoms with Crippen LogP contribution in [0.4, 0.5) is 0 Å². The summed E-state index contributed by atoms with van der Waals surface area (Å²) in [7, 11) is 1.63. The van der Waals surface area contributed by atoms with Gasteiger partial charge in [-0.3, -0.25) is 4.98 Å². The third kappa shape index (κ3) is 2.42. The first kappa shape index (κ1) is 12.3. The third-order valence-electron chi connectivity index (χ3n) is 3.82. The zero-order valence-electron chi connectivity index (χ0n) is 10.2. The maximum atomic E-state index is 9.58. The summed E-state index contributed by atoms with van der Waals surface area (Å²) in [5.41, 5.74) is 6.89. The van der Waals surface area contributed by atoms with Gasteiger partial charge in [0, 0.05) is 17.7 Å². The van der Waals surface area contributed by atoms with Crippen LogP contribution in [0.25, 0.3) is 0 Å². The number of aromatic nitrogens is 1. The Hall–Kier alpha value is -1.13.